The normalized spacial score (nSPS) is 10.6. The molecule has 6 heteroatoms. The third-order valence-electron chi connectivity index (χ3n) is 2.83. The molecule has 2 rings (SSSR count). The average molecular weight is 354 g/mol. The molecule has 0 aliphatic rings. The quantitative estimate of drug-likeness (QED) is 0.830. The van der Waals surface area contributed by atoms with E-state index >= 15 is 0 Å². The van der Waals surface area contributed by atoms with E-state index in [9.17, 15) is 4.79 Å². The zero-order valence-electron chi connectivity index (χ0n) is 11.4. The molecule has 20 heavy (non-hydrogen) atoms. The molecule has 0 spiro atoms. The fourth-order valence-electron chi connectivity index (χ4n) is 1.73. The second kappa shape index (κ2) is 6.95. The van der Waals surface area contributed by atoms with Gasteiger partial charge in [0.05, 0.1) is 0 Å². The fourth-order valence-corrected chi connectivity index (χ4v) is 2.77. The molecule has 1 aromatic heterocycles. The summed E-state index contributed by atoms with van der Waals surface area (Å²) in [5.41, 5.74) is 0. The Morgan fingerprint density at radius 2 is 1.90 bits per heavy atom. The largest absolute Gasteiger partial charge is 0.344 e. The lowest BCUT2D eigenvalue weighted by Gasteiger charge is -2.17. The van der Waals surface area contributed by atoms with Crippen LogP contribution >= 0.6 is 27.7 Å². The van der Waals surface area contributed by atoms with Crippen molar-refractivity contribution >= 4 is 33.7 Å². The molecule has 106 valence electrons. The summed E-state index contributed by atoms with van der Waals surface area (Å²) in [5.74, 6) is 0. The second-order valence-corrected chi connectivity index (χ2v) is 6.12. The number of benzene rings is 1. The Bertz CT molecular complexity index is 578. The summed E-state index contributed by atoms with van der Waals surface area (Å²) in [6.07, 6.45) is 1.71. The molecule has 0 aliphatic carbocycles. The molecule has 0 atom stereocenters. The highest BCUT2D eigenvalue weighted by Crippen LogP contribution is 2.27. The van der Waals surface area contributed by atoms with Gasteiger partial charge < -0.3 is 4.90 Å². The number of carbonyl (C=O) groups is 1. The van der Waals surface area contributed by atoms with Crippen LogP contribution in [0.5, 0.6) is 0 Å². The summed E-state index contributed by atoms with van der Waals surface area (Å²) < 4.78 is 2.44. The fraction of sp³-hybridized carbons (Fsp3) is 0.286. The van der Waals surface area contributed by atoms with Crippen molar-refractivity contribution in [2.75, 3.05) is 13.1 Å². The summed E-state index contributed by atoms with van der Waals surface area (Å²) in [5, 5.41) is 5.13. The van der Waals surface area contributed by atoms with Gasteiger partial charge in [-0.2, -0.15) is 9.78 Å². The summed E-state index contributed by atoms with van der Waals surface area (Å²) in [4.78, 5) is 15.0. The van der Waals surface area contributed by atoms with Crippen molar-refractivity contribution in [2.45, 2.75) is 23.8 Å². The topological polar surface area (TPSA) is 38.1 Å². The van der Waals surface area contributed by atoms with E-state index < -0.39 is 0 Å². The van der Waals surface area contributed by atoms with Crippen LogP contribution in [0, 0.1) is 0 Å². The lowest BCUT2D eigenvalue weighted by molar-refractivity contribution is 0.201. The summed E-state index contributed by atoms with van der Waals surface area (Å²) in [6, 6.07) is 9.77. The Balaban J connectivity index is 2.09. The monoisotopic (exact) mass is 353 g/mol. The zero-order valence-corrected chi connectivity index (χ0v) is 13.8. The molecule has 0 saturated heterocycles. The van der Waals surface area contributed by atoms with E-state index in [2.05, 4.69) is 21.0 Å². The number of hydrogen-bond donors (Lipinski definition) is 0. The zero-order chi connectivity index (χ0) is 14.5. The molecule has 0 N–H and O–H groups in total. The van der Waals surface area contributed by atoms with Crippen LogP contribution in [0.2, 0.25) is 0 Å². The number of aromatic nitrogens is 2. The van der Waals surface area contributed by atoms with Gasteiger partial charge in [0.2, 0.25) is 0 Å². The maximum absolute atomic E-state index is 12.1. The molecule has 0 unspecified atom stereocenters. The van der Waals surface area contributed by atoms with E-state index in [1.807, 2.05) is 44.2 Å². The van der Waals surface area contributed by atoms with E-state index in [0.29, 0.717) is 13.1 Å². The van der Waals surface area contributed by atoms with Crippen LogP contribution in [-0.2, 0) is 0 Å². The van der Waals surface area contributed by atoms with Crippen LogP contribution in [0.15, 0.2) is 50.9 Å². The molecular weight excluding hydrogens is 338 g/mol. The van der Waals surface area contributed by atoms with Crippen molar-refractivity contribution in [2.24, 2.45) is 0 Å². The standard InChI is InChI=1S/C14H16BrN3OS/c1-3-17(4-2)14(19)18-10-9-13(16-18)20-12-7-5-11(15)6-8-12/h5-10H,3-4H2,1-2H3. The Labute approximate surface area is 131 Å². The molecule has 1 heterocycles. The van der Waals surface area contributed by atoms with Crippen LogP contribution < -0.4 is 0 Å². The van der Waals surface area contributed by atoms with Crippen LogP contribution in [0.4, 0.5) is 4.79 Å². The molecule has 2 aromatic rings. The summed E-state index contributed by atoms with van der Waals surface area (Å²) in [7, 11) is 0. The molecule has 1 amide bonds. The Morgan fingerprint density at radius 1 is 1.25 bits per heavy atom. The van der Waals surface area contributed by atoms with Crippen molar-refractivity contribution < 1.29 is 4.79 Å². The number of rotatable bonds is 4. The minimum atomic E-state index is -0.0855. The minimum absolute atomic E-state index is 0.0855. The first-order valence-corrected chi connectivity index (χ1v) is 8.03. The van der Waals surface area contributed by atoms with Crippen molar-refractivity contribution in [3.8, 4) is 0 Å². The molecule has 0 bridgehead atoms. The Kier molecular flexibility index (Phi) is 5.25. The number of carbonyl (C=O) groups excluding carboxylic acids is 1. The number of nitrogens with zero attached hydrogens (tertiary/aromatic N) is 3. The van der Waals surface area contributed by atoms with Gasteiger partial charge in [-0.3, -0.25) is 0 Å². The second-order valence-electron chi connectivity index (χ2n) is 4.11. The molecule has 0 aliphatic heterocycles. The lowest BCUT2D eigenvalue weighted by atomic mass is 10.4. The van der Waals surface area contributed by atoms with Gasteiger partial charge in [0.1, 0.15) is 5.03 Å². The first-order valence-electron chi connectivity index (χ1n) is 6.42. The SMILES string of the molecule is CCN(CC)C(=O)n1ccc(Sc2ccc(Br)cc2)n1. The van der Waals surface area contributed by atoms with Crippen LogP contribution in [0.1, 0.15) is 13.8 Å². The lowest BCUT2D eigenvalue weighted by Crippen LogP contribution is -2.34. The van der Waals surface area contributed by atoms with Crippen LogP contribution in [0.3, 0.4) is 0 Å². The van der Waals surface area contributed by atoms with Crippen LogP contribution in [-0.4, -0.2) is 33.8 Å². The van der Waals surface area contributed by atoms with E-state index in [4.69, 9.17) is 0 Å². The number of halogens is 1. The Hall–Kier alpha value is -1.27. The highest BCUT2D eigenvalue weighted by Gasteiger charge is 2.13. The highest BCUT2D eigenvalue weighted by molar-refractivity contribution is 9.10. The molecule has 0 radical (unpaired) electrons. The molecule has 0 fully saturated rings. The number of amides is 1. The summed E-state index contributed by atoms with van der Waals surface area (Å²) >= 11 is 4.94. The van der Waals surface area contributed by atoms with Gasteiger partial charge in [-0.25, -0.2) is 4.79 Å². The Morgan fingerprint density at radius 3 is 2.50 bits per heavy atom. The smallest absolute Gasteiger partial charge is 0.323 e. The van der Waals surface area contributed by atoms with Crippen molar-refractivity contribution in [1.29, 1.82) is 0 Å². The maximum atomic E-state index is 12.1. The van der Waals surface area contributed by atoms with E-state index in [0.717, 1.165) is 14.4 Å². The average Bonchev–Trinajstić information content (AvgIpc) is 2.91. The van der Waals surface area contributed by atoms with E-state index in [1.165, 1.54) is 16.4 Å². The van der Waals surface area contributed by atoms with Gasteiger partial charge >= 0.3 is 6.03 Å². The summed E-state index contributed by atoms with van der Waals surface area (Å²) in [6.45, 7) is 5.29. The van der Waals surface area contributed by atoms with Gasteiger partial charge in [-0.1, -0.05) is 27.7 Å². The minimum Gasteiger partial charge on any atom is -0.323 e. The number of hydrogen-bond acceptors (Lipinski definition) is 3. The van der Waals surface area contributed by atoms with E-state index in [-0.39, 0.29) is 6.03 Å². The first-order chi connectivity index (χ1) is 9.63. The van der Waals surface area contributed by atoms with Crippen molar-refractivity contribution in [3.05, 3.63) is 41.0 Å². The highest BCUT2D eigenvalue weighted by atomic mass is 79.9. The molecule has 4 nitrogen and oxygen atoms in total. The first kappa shape index (κ1) is 15.1. The van der Waals surface area contributed by atoms with Crippen molar-refractivity contribution in [3.63, 3.8) is 0 Å². The molecule has 0 saturated carbocycles. The van der Waals surface area contributed by atoms with Gasteiger partial charge in [0, 0.05) is 28.7 Å². The van der Waals surface area contributed by atoms with Gasteiger partial charge in [-0.05, 0) is 44.2 Å². The van der Waals surface area contributed by atoms with Gasteiger partial charge in [-0.15, -0.1) is 0 Å². The van der Waals surface area contributed by atoms with Gasteiger partial charge in [0.15, 0.2) is 0 Å². The van der Waals surface area contributed by atoms with E-state index in [1.54, 1.807) is 11.1 Å². The van der Waals surface area contributed by atoms with Gasteiger partial charge in [0.25, 0.3) is 0 Å². The predicted octanol–water partition coefficient (Wildman–Crippen LogP) is 4.11. The van der Waals surface area contributed by atoms with Crippen LogP contribution in [0.25, 0.3) is 0 Å². The molecular formula is C14H16BrN3OS. The molecule has 1 aromatic carbocycles. The third-order valence-corrected chi connectivity index (χ3v) is 4.29. The van der Waals surface area contributed by atoms with Crippen molar-refractivity contribution in [1.82, 2.24) is 14.7 Å². The predicted molar refractivity (Wildman–Crippen MR) is 84.2 cm³/mol. The third kappa shape index (κ3) is 3.64. The maximum Gasteiger partial charge on any atom is 0.344 e.